The number of halogens is 1. The van der Waals surface area contributed by atoms with Crippen molar-refractivity contribution < 1.29 is 0 Å². The van der Waals surface area contributed by atoms with Crippen LogP contribution in [-0.4, -0.2) is 19.6 Å². The SMILES string of the molecule is NCc1nnc2ncc(Cl)cn12. The van der Waals surface area contributed by atoms with Gasteiger partial charge in [0.1, 0.15) is 0 Å². The fourth-order valence-corrected chi connectivity index (χ4v) is 1.10. The number of fused-ring (bicyclic) bond motifs is 1. The highest BCUT2D eigenvalue weighted by atomic mass is 35.5. The van der Waals surface area contributed by atoms with Gasteiger partial charge in [-0.25, -0.2) is 4.98 Å². The third-order valence-electron chi connectivity index (χ3n) is 1.49. The molecule has 2 aromatic heterocycles. The summed E-state index contributed by atoms with van der Waals surface area (Å²) in [5.74, 6) is 1.17. The van der Waals surface area contributed by atoms with E-state index in [1.54, 1.807) is 10.6 Å². The lowest BCUT2D eigenvalue weighted by Crippen LogP contribution is -2.02. The summed E-state index contributed by atoms with van der Waals surface area (Å²) in [6.45, 7) is 0.323. The van der Waals surface area contributed by atoms with E-state index in [2.05, 4.69) is 15.2 Å². The molecule has 0 radical (unpaired) electrons. The van der Waals surface area contributed by atoms with E-state index in [1.807, 2.05) is 0 Å². The molecule has 62 valence electrons. The molecule has 2 heterocycles. The van der Waals surface area contributed by atoms with Crippen LogP contribution in [-0.2, 0) is 6.54 Å². The first-order chi connectivity index (χ1) is 5.81. The first kappa shape index (κ1) is 7.45. The van der Waals surface area contributed by atoms with Gasteiger partial charge in [0.15, 0.2) is 5.82 Å². The van der Waals surface area contributed by atoms with Gasteiger partial charge in [-0.2, -0.15) is 0 Å². The van der Waals surface area contributed by atoms with E-state index < -0.39 is 0 Å². The Morgan fingerprint density at radius 2 is 2.33 bits per heavy atom. The molecule has 0 aromatic carbocycles. The van der Waals surface area contributed by atoms with Gasteiger partial charge in [-0.1, -0.05) is 11.6 Å². The highest BCUT2D eigenvalue weighted by Gasteiger charge is 2.03. The summed E-state index contributed by atoms with van der Waals surface area (Å²) >= 11 is 5.72. The predicted molar refractivity (Wildman–Crippen MR) is 43.7 cm³/mol. The fraction of sp³-hybridized carbons (Fsp3) is 0.167. The first-order valence-electron chi connectivity index (χ1n) is 3.36. The van der Waals surface area contributed by atoms with Crippen LogP contribution >= 0.6 is 11.6 Å². The van der Waals surface area contributed by atoms with E-state index in [0.29, 0.717) is 23.2 Å². The minimum Gasteiger partial charge on any atom is -0.324 e. The predicted octanol–water partition coefficient (Wildman–Crippen LogP) is 0.236. The Hall–Kier alpha value is -1.20. The highest BCUT2D eigenvalue weighted by Crippen LogP contribution is 2.07. The molecule has 0 aliphatic heterocycles. The van der Waals surface area contributed by atoms with Crippen molar-refractivity contribution >= 4 is 17.4 Å². The normalized spacial score (nSPS) is 10.8. The summed E-state index contributed by atoms with van der Waals surface area (Å²) in [6.07, 6.45) is 3.21. The zero-order chi connectivity index (χ0) is 8.55. The molecule has 0 spiro atoms. The van der Waals surface area contributed by atoms with E-state index in [9.17, 15) is 0 Å². The van der Waals surface area contributed by atoms with E-state index >= 15 is 0 Å². The minimum atomic E-state index is 0.323. The molecular formula is C6H6ClN5. The molecule has 2 N–H and O–H groups in total. The van der Waals surface area contributed by atoms with E-state index in [-0.39, 0.29) is 0 Å². The van der Waals surface area contributed by atoms with Crippen LogP contribution in [0.2, 0.25) is 5.02 Å². The second kappa shape index (κ2) is 2.69. The van der Waals surface area contributed by atoms with E-state index in [1.165, 1.54) is 6.20 Å². The molecule has 0 saturated heterocycles. The van der Waals surface area contributed by atoms with Crippen LogP contribution in [0.15, 0.2) is 12.4 Å². The number of aromatic nitrogens is 4. The van der Waals surface area contributed by atoms with Crippen molar-refractivity contribution in [2.24, 2.45) is 5.73 Å². The number of hydrogen-bond donors (Lipinski definition) is 1. The quantitative estimate of drug-likeness (QED) is 0.688. The number of nitrogens with zero attached hydrogens (tertiary/aromatic N) is 4. The van der Waals surface area contributed by atoms with Crippen molar-refractivity contribution in [3.05, 3.63) is 23.2 Å². The maximum absolute atomic E-state index is 5.72. The molecule has 0 aliphatic rings. The van der Waals surface area contributed by atoms with Gasteiger partial charge < -0.3 is 5.73 Å². The lowest BCUT2D eigenvalue weighted by Gasteiger charge is -1.94. The smallest absolute Gasteiger partial charge is 0.255 e. The van der Waals surface area contributed by atoms with Gasteiger partial charge >= 0.3 is 0 Å². The Morgan fingerprint density at radius 1 is 1.50 bits per heavy atom. The molecule has 0 unspecified atom stereocenters. The minimum absolute atomic E-state index is 0.323. The van der Waals surface area contributed by atoms with Crippen LogP contribution in [0.5, 0.6) is 0 Å². The lowest BCUT2D eigenvalue weighted by molar-refractivity contribution is 0.881. The molecule has 0 saturated carbocycles. The highest BCUT2D eigenvalue weighted by molar-refractivity contribution is 6.30. The number of hydrogen-bond acceptors (Lipinski definition) is 4. The molecule has 5 nitrogen and oxygen atoms in total. The maximum atomic E-state index is 5.72. The topological polar surface area (TPSA) is 69.1 Å². The summed E-state index contributed by atoms with van der Waals surface area (Å²) in [6, 6.07) is 0. The molecule has 2 aromatic rings. The monoisotopic (exact) mass is 183 g/mol. The van der Waals surface area contributed by atoms with Gasteiger partial charge in [0.2, 0.25) is 0 Å². The van der Waals surface area contributed by atoms with Crippen molar-refractivity contribution in [3.63, 3.8) is 0 Å². The van der Waals surface area contributed by atoms with Gasteiger partial charge in [0.05, 0.1) is 17.8 Å². The third-order valence-corrected chi connectivity index (χ3v) is 1.68. The van der Waals surface area contributed by atoms with Crippen molar-refractivity contribution in [3.8, 4) is 0 Å². The molecule has 0 atom stereocenters. The zero-order valence-corrected chi connectivity index (χ0v) is 6.86. The van der Waals surface area contributed by atoms with Crippen molar-refractivity contribution in [2.75, 3.05) is 0 Å². The Kier molecular flexibility index (Phi) is 1.67. The number of rotatable bonds is 1. The van der Waals surface area contributed by atoms with Gasteiger partial charge in [-0.3, -0.25) is 4.40 Å². The number of nitrogens with two attached hydrogens (primary N) is 1. The van der Waals surface area contributed by atoms with Crippen LogP contribution in [0.3, 0.4) is 0 Å². The molecule has 2 rings (SSSR count). The van der Waals surface area contributed by atoms with Crippen molar-refractivity contribution in [1.29, 1.82) is 0 Å². The average molecular weight is 184 g/mol. The average Bonchev–Trinajstić information content (AvgIpc) is 2.46. The third kappa shape index (κ3) is 1.03. The summed E-state index contributed by atoms with van der Waals surface area (Å²) in [7, 11) is 0. The summed E-state index contributed by atoms with van der Waals surface area (Å²) in [4.78, 5) is 3.95. The Balaban J connectivity index is 2.75. The van der Waals surface area contributed by atoms with Crippen LogP contribution < -0.4 is 5.73 Å². The fourth-order valence-electron chi connectivity index (χ4n) is 0.950. The molecule has 12 heavy (non-hydrogen) atoms. The van der Waals surface area contributed by atoms with E-state index in [4.69, 9.17) is 17.3 Å². The summed E-state index contributed by atoms with van der Waals surface area (Å²) < 4.78 is 1.67. The molecule has 0 amide bonds. The second-order valence-corrected chi connectivity index (χ2v) is 2.70. The second-order valence-electron chi connectivity index (χ2n) is 2.26. The summed E-state index contributed by atoms with van der Waals surface area (Å²) in [5, 5.41) is 8.15. The Labute approximate surface area is 73.2 Å². The van der Waals surface area contributed by atoms with Gasteiger partial charge in [0.25, 0.3) is 5.78 Å². The molecular weight excluding hydrogens is 178 g/mol. The Bertz CT molecular complexity index is 409. The van der Waals surface area contributed by atoms with Crippen molar-refractivity contribution in [1.82, 2.24) is 19.6 Å². The van der Waals surface area contributed by atoms with Gasteiger partial charge in [-0.15, -0.1) is 10.2 Å². The lowest BCUT2D eigenvalue weighted by atomic mass is 10.6. The van der Waals surface area contributed by atoms with E-state index in [0.717, 1.165) is 0 Å². The molecule has 0 fully saturated rings. The first-order valence-corrected chi connectivity index (χ1v) is 3.74. The van der Waals surface area contributed by atoms with Gasteiger partial charge in [-0.05, 0) is 0 Å². The standard InChI is InChI=1S/C6H6ClN5/c7-4-2-9-6-11-10-5(1-8)12(6)3-4/h2-3H,1,8H2. The van der Waals surface area contributed by atoms with Crippen molar-refractivity contribution in [2.45, 2.75) is 6.54 Å². The van der Waals surface area contributed by atoms with Crippen LogP contribution in [0.4, 0.5) is 0 Å². The molecule has 6 heteroatoms. The largest absolute Gasteiger partial charge is 0.324 e. The molecule has 0 aliphatic carbocycles. The van der Waals surface area contributed by atoms with Crippen LogP contribution in [0.25, 0.3) is 5.78 Å². The zero-order valence-electron chi connectivity index (χ0n) is 6.11. The van der Waals surface area contributed by atoms with Gasteiger partial charge in [0, 0.05) is 6.20 Å². The van der Waals surface area contributed by atoms with Crippen LogP contribution in [0.1, 0.15) is 5.82 Å². The molecule has 0 bridgehead atoms. The van der Waals surface area contributed by atoms with Crippen LogP contribution in [0, 0.1) is 0 Å². The Morgan fingerprint density at radius 3 is 3.08 bits per heavy atom. The summed E-state index contributed by atoms with van der Waals surface area (Å²) in [5.41, 5.74) is 5.42. The maximum Gasteiger partial charge on any atom is 0.255 e.